The number of rotatable bonds is 4. The first kappa shape index (κ1) is 9.60. The van der Waals surface area contributed by atoms with Crippen molar-refractivity contribution < 1.29 is 8.42 Å². The average Bonchev–Trinajstić information content (AvgIpc) is 1.80. The summed E-state index contributed by atoms with van der Waals surface area (Å²) in [6.45, 7) is -0.204. The molecule has 8 heteroatoms. The Morgan fingerprint density at radius 2 is 2.10 bits per heavy atom. The van der Waals surface area contributed by atoms with Crippen molar-refractivity contribution in [3.63, 3.8) is 0 Å². The van der Waals surface area contributed by atoms with Gasteiger partial charge in [-0.2, -0.15) is 8.42 Å². The van der Waals surface area contributed by atoms with E-state index in [1.165, 1.54) is 0 Å². The highest BCUT2D eigenvalue weighted by Gasteiger charge is 2.14. The van der Waals surface area contributed by atoms with Crippen LogP contribution in [0.3, 0.4) is 0 Å². The third-order valence-electron chi connectivity index (χ3n) is 0.661. The molecule has 0 aromatic rings. The van der Waals surface area contributed by atoms with Crippen molar-refractivity contribution in [3.8, 4) is 0 Å². The first-order valence-corrected chi connectivity index (χ1v) is 4.26. The molecule has 2 N–H and O–H groups in total. The molecular formula is C2H6ClN3O3S. The van der Waals surface area contributed by atoms with Crippen LogP contribution in [-0.4, -0.2) is 25.3 Å². The third-order valence-corrected chi connectivity index (χ3v) is 1.67. The standard InChI is InChI=1S/C2H6ClN3O3S/c3-1-2-6(5-7)10(4,8)9/h1-2H2,(H2,4,8,9). The highest BCUT2D eigenvalue weighted by Crippen LogP contribution is 1.94. The van der Waals surface area contributed by atoms with Crippen LogP contribution in [0.1, 0.15) is 0 Å². The van der Waals surface area contributed by atoms with Gasteiger partial charge >= 0.3 is 10.2 Å². The van der Waals surface area contributed by atoms with Gasteiger partial charge in [0, 0.05) is 5.88 Å². The molecule has 0 saturated heterocycles. The SMILES string of the molecule is NS(=O)(=O)N(CCCl)N=O. The molecule has 0 heterocycles. The monoisotopic (exact) mass is 187 g/mol. The zero-order chi connectivity index (χ0) is 8.20. The van der Waals surface area contributed by atoms with Crippen molar-refractivity contribution in [2.24, 2.45) is 10.4 Å². The fourth-order valence-corrected chi connectivity index (χ4v) is 0.986. The van der Waals surface area contributed by atoms with Crippen LogP contribution >= 0.6 is 11.6 Å². The molecule has 0 amide bonds. The largest absolute Gasteiger partial charge is 0.316 e. The molecule has 0 atom stereocenters. The van der Waals surface area contributed by atoms with E-state index in [1.54, 1.807) is 0 Å². The van der Waals surface area contributed by atoms with Gasteiger partial charge in [0.05, 0.1) is 11.8 Å². The number of nitroso groups, excluding NO2 is 1. The van der Waals surface area contributed by atoms with Crippen LogP contribution in [0.15, 0.2) is 5.29 Å². The highest BCUT2D eigenvalue weighted by molar-refractivity contribution is 7.86. The van der Waals surface area contributed by atoms with Crippen LogP contribution in [0.4, 0.5) is 0 Å². The number of alkyl halides is 1. The first-order chi connectivity index (χ1) is 4.52. The molecule has 6 nitrogen and oxygen atoms in total. The Balaban J connectivity index is 4.22. The maximum atomic E-state index is 10.3. The number of nitrogens with zero attached hydrogens (tertiary/aromatic N) is 2. The average molecular weight is 188 g/mol. The molecule has 10 heavy (non-hydrogen) atoms. The Morgan fingerprint density at radius 1 is 1.60 bits per heavy atom. The van der Waals surface area contributed by atoms with Crippen LogP contribution in [0, 0.1) is 4.91 Å². The molecular weight excluding hydrogens is 182 g/mol. The van der Waals surface area contributed by atoms with Gasteiger partial charge in [0.2, 0.25) is 0 Å². The number of hydrogen-bond acceptors (Lipinski definition) is 4. The number of nitrogens with two attached hydrogens (primary N) is 1. The van der Waals surface area contributed by atoms with E-state index in [0.29, 0.717) is 0 Å². The van der Waals surface area contributed by atoms with E-state index >= 15 is 0 Å². The lowest BCUT2D eigenvalue weighted by atomic mass is 10.8. The molecule has 0 aliphatic heterocycles. The Hall–Kier alpha value is -0.400. The van der Waals surface area contributed by atoms with Crippen molar-refractivity contribution in [1.29, 1.82) is 0 Å². The zero-order valence-electron chi connectivity index (χ0n) is 4.90. The van der Waals surface area contributed by atoms with Crippen molar-refractivity contribution >= 4 is 21.8 Å². The molecule has 0 fully saturated rings. The summed E-state index contributed by atoms with van der Waals surface area (Å²) in [5.41, 5.74) is 0. The molecule has 0 spiro atoms. The van der Waals surface area contributed by atoms with E-state index in [9.17, 15) is 13.3 Å². The lowest BCUT2D eigenvalue weighted by Gasteiger charge is -2.08. The van der Waals surface area contributed by atoms with Crippen molar-refractivity contribution in [2.75, 3.05) is 12.4 Å². The smallest absolute Gasteiger partial charge is 0.210 e. The minimum atomic E-state index is -4.01. The van der Waals surface area contributed by atoms with Gasteiger partial charge in [0.25, 0.3) is 0 Å². The van der Waals surface area contributed by atoms with Gasteiger partial charge in [-0.25, -0.2) is 5.14 Å². The molecule has 0 aromatic carbocycles. The molecule has 0 radical (unpaired) electrons. The van der Waals surface area contributed by atoms with E-state index < -0.39 is 10.2 Å². The molecule has 0 aliphatic rings. The second-order valence-corrected chi connectivity index (χ2v) is 3.19. The van der Waals surface area contributed by atoms with Gasteiger partial charge in [-0.3, -0.25) is 0 Å². The van der Waals surface area contributed by atoms with Crippen molar-refractivity contribution in [3.05, 3.63) is 4.91 Å². The lowest BCUT2D eigenvalue weighted by molar-refractivity contribution is 0.446. The summed E-state index contributed by atoms with van der Waals surface area (Å²) in [5.74, 6) is -0.0256. The summed E-state index contributed by atoms with van der Waals surface area (Å²) in [6.07, 6.45) is 0. The van der Waals surface area contributed by atoms with E-state index in [4.69, 9.17) is 11.6 Å². The quantitative estimate of drug-likeness (QED) is 0.362. The summed E-state index contributed by atoms with van der Waals surface area (Å²) < 4.78 is 20.8. The van der Waals surface area contributed by atoms with E-state index in [1.807, 2.05) is 0 Å². The fourth-order valence-electron chi connectivity index (χ4n) is 0.287. The summed E-state index contributed by atoms with van der Waals surface area (Å²) in [6, 6.07) is 0. The maximum Gasteiger partial charge on any atom is 0.316 e. The van der Waals surface area contributed by atoms with Crippen LogP contribution in [0.25, 0.3) is 0 Å². The van der Waals surface area contributed by atoms with Gasteiger partial charge < -0.3 is 0 Å². The van der Waals surface area contributed by atoms with Gasteiger partial charge in [0.15, 0.2) is 0 Å². The predicted octanol–water partition coefficient (Wildman–Crippen LogP) is -0.588. The molecule has 0 saturated carbocycles. The Kier molecular flexibility index (Phi) is 3.54. The Bertz CT molecular complexity index is 202. The van der Waals surface area contributed by atoms with Gasteiger partial charge in [-0.15, -0.1) is 20.9 Å². The second kappa shape index (κ2) is 3.69. The van der Waals surface area contributed by atoms with Gasteiger partial charge in [-0.1, -0.05) is 0 Å². The van der Waals surface area contributed by atoms with Gasteiger partial charge in [-0.05, 0) is 0 Å². The van der Waals surface area contributed by atoms with Crippen LogP contribution in [-0.2, 0) is 10.2 Å². The lowest BCUT2D eigenvalue weighted by Crippen LogP contribution is -2.33. The topological polar surface area (TPSA) is 92.8 Å². The van der Waals surface area contributed by atoms with E-state index in [2.05, 4.69) is 10.4 Å². The van der Waals surface area contributed by atoms with Gasteiger partial charge in [0.1, 0.15) is 0 Å². The summed E-state index contributed by atoms with van der Waals surface area (Å²) in [4.78, 5) is 9.70. The molecule has 0 bridgehead atoms. The molecule has 0 aliphatic carbocycles. The number of halogens is 1. The minimum absolute atomic E-state index is 0.0256. The van der Waals surface area contributed by atoms with Crippen molar-refractivity contribution in [2.45, 2.75) is 0 Å². The fraction of sp³-hybridized carbons (Fsp3) is 1.00. The molecule has 60 valence electrons. The van der Waals surface area contributed by atoms with Crippen molar-refractivity contribution in [1.82, 2.24) is 4.41 Å². The highest BCUT2D eigenvalue weighted by atomic mass is 35.5. The minimum Gasteiger partial charge on any atom is -0.210 e. The third kappa shape index (κ3) is 2.95. The Morgan fingerprint density at radius 3 is 2.20 bits per heavy atom. The molecule has 0 aromatic heterocycles. The maximum absolute atomic E-state index is 10.3. The summed E-state index contributed by atoms with van der Waals surface area (Å²) >= 11 is 5.12. The molecule has 0 rings (SSSR count). The van der Waals surface area contributed by atoms with Crippen LogP contribution in [0.5, 0.6) is 0 Å². The number of hydrogen-bond donors (Lipinski definition) is 1. The van der Waals surface area contributed by atoms with Crippen LogP contribution < -0.4 is 5.14 Å². The van der Waals surface area contributed by atoms with E-state index in [-0.39, 0.29) is 16.8 Å². The first-order valence-electron chi connectivity index (χ1n) is 2.22. The Labute approximate surface area is 63.1 Å². The molecule has 0 unspecified atom stereocenters. The summed E-state index contributed by atoms with van der Waals surface area (Å²) in [5, 5.41) is 6.66. The second-order valence-electron chi connectivity index (χ2n) is 1.36. The summed E-state index contributed by atoms with van der Waals surface area (Å²) in [7, 11) is -4.01. The normalized spacial score (nSPS) is 11.0. The predicted molar refractivity (Wildman–Crippen MR) is 36.3 cm³/mol. The van der Waals surface area contributed by atoms with Crippen LogP contribution in [0.2, 0.25) is 0 Å². The van der Waals surface area contributed by atoms with E-state index in [0.717, 1.165) is 0 Å². The zero-order valence-corrected chi connectivity index (χ0v) is 6.47.